The Labute approximate surface area is 91.5 Å². The third-order valence-electron chi connectivity index (χ3n) is 2.54. The topological polar surface area (TPSA) is 97.1 Å². The smallest absolute Gasteiger partial charge is 0.281 e. The molecule has 2 N–H and O–H groups in total. The van der Waals surface area contributed by atoms with Gasteiger partial charge in [0.2, 0.25) is 5.91 Å². The first-order valence-electron chi connectivity index (χ1n) is 5.11. The van der Waals surface area contributed by atoms with E-state index in [2.05, 4.69) is 25.6 Å². The number of aromatic nitrogens is 2. The van der Waals surface area contributed by atoms with Crippen LogP contribution in [0.15, 0.2) is 10.8 Å². The summed E-state index contributed by atoms with van der Waals surface area (Å²) in [7, 11) is 0. The number of piperidine rings is 1. The van der Waals surface area contributed by atoms with E-state index < -0.39 is 5.91 Å². The number of nitrogens with zero attached hydrogens (tertiary/aromatic N) is 2. The SMILES string of the molecule is O=C(NC(=O)C1CCNCC1)c1cnon1. The van der Waals surface area contributed by atoms with Crippen molar-refractivity contribution in [2.24, 2.45) is 5.92 Å². The van der Waals surface area contributed by atoms with E-state index in [0.29, 0.717) is 0 Å². The molecule has 1 fully saturated rings. The monoisotopic (exact) mass is 224 g/mol. The lowest BCUT2D eigenvalue weighted by atomic mass is 9.97. The molecule has 7 heteroatoms. The maximum Gasteiger partial charge on any atom is 0.281 e. The van der Waals surface area contributed by atoms with E-state index >= 15 is 0 Å². The molecule has 0 radical (unpaired) electrons. The van der Waals surface area contributed by atoms with Gasteiger partial charge in [0.15, 0.2) is 5.69 Å². The van der Waals surface area contributed by atoms with Gasteiger partial charge in [-0.3, -0.25) is 14.9 Å². The summed E-state index contributed by atoms with van der Waals surface area (Å²) in [6.07, 6.45) is 2.66. The molecule has 2 amide bonds. The second-order valence-corrected chi connectivity index (χ2v) is 3.64. The molecule has 0 unspecified atom stereocenters. The van der Waals surface area contributed by atoms with E-state index in [4.69, 9.17) is 0 Å². The number of rotatable bonds is 2. The summed E-state index contributed by atoms with van der Waals surface area (Å²) in [5.41, 5.74) is 0.0160. The van der Waals surface area contributed by atoms with Gasteiger partial charge in [-0.1, -0.05) is 5.16 Å². The second kappa shape index (κ2) is 4.84. The maximum atomic E-state index is 11.7. The lowest BCUT2D eigenvalue weighted by Gasteiger charge is -2.20. The van der Waals surface area contributed by atoms with Crippen molar-refractivity contribution in [1.82, 2.24) is 20.9 Å². The van der Waals surface area contributed by atoms with Crippen molar-refractivity contribution in [1.29, 1.82) is 0 Å². The molecule has 1 aliphatic rings. The molecule has 1 saturated heterocycles. The highest BCUT2D eigenvalue weighted by molar-refractivity contribution is 6.03. The molecule has 0 bridgehead atoms. The van der Waals surface area contributed by atoms with Gasteiger partial charge in [-0.05, 0) is 31.1 Å². The highest BCUT2D eigenvalue weighted by Crippen LogP contribution is 2.11. The minimum absolute atomic E-state index is 0.0160. The van der Waals surface area contributed by atoms with Crippen LogP contribution in [0.5, 0.6) is 0 Å². The molecule has 0 aliphatic carbocycles. The third kappa shape index (κ3) is 2.43. The number of imide groups is 1. The summed E-state index contributed by atoms with van der Waals surface area (Å²) >= 11 is 0. The predicted molar refractivity (Wildman–Crippen MR) is 52.4 cm³/mol. The quantitative estimate of drug-likeness (QED) is 0.646. The normalized spacial score (nSPS) is 17.0. The van der Waals surface area contributed by atoms with Gasteiger partial charge in [-0.25, -0.2) is 4.63 Å². The lowest BCUT2D eigenvalue weighted by molar-refractivity contribution is -0.124. The minimum atomic E-state index is -0.565. The molecule has 7 nitrogen and oxygen atoms in total. The molecular weight excluding hydrogens is 212 g/mol. The van der Waals surface area contributed by atoms with E-state index in [1.165, 1.54) is 6.20 Å². The van der Waals surface area contributed by atoms with Crippen molar-refractivity contribution in [2.75, 3.05) is 13.1 Å². The Kier molecular flexibility index (Phi) is 3.25. The Hall–Kier alpha value is -1.76. The molecule has 1 aromatic heterocycles. The number of carbonyl (C=O) groups excluding carboxylic acids is 2. The number of hydrogen-bond donors (Lipinski definition) is 2. The van der Waals surface area contributed by atoms with Crippen molar-refractivity contribution in [3.63, 3.8) is 0 Å². The molecule has 0 saturated carbocycles. The zero-order chi connectivity index (χ0) is 11.4. The van der Waals surface area contributed by atoms with Gasteiger partial charge in [0.1, 0.15) is 6.20 Å². The predicted octanol–water partition coefficient (Wildman–Crippen LogP) is -0.674. The summed E-state index contributed by atoms with van der Waals surface area (Å²) in [6, 6.07) is 0. The first-order chi connectivity index (χ1) is 7.77. The summed E-state index contributed by atoms with van der Waals surface area (Å²) in [6.45, 7) is 1.61. The van der Waals surface area contributed by atoms with Crippen molar-refractivity contribution in [3.05, 3.63) is 11.9 Å². The van der Waals surface area contributed by atoms with Gasteiger partial charge in [-0.2, -0.15) is 0 Å². The largest absolute Gasteiger partial charge is 0.317 e. The Morgan fingerprint density at radius 1 is 1.44 bits per heavy atom. The first-order valence-corrected chi connectivity index (χ1v) is 5.11. The summed E-state index contributed by atoms with van der Waals surface area (Å²) in [5, 5.41) is 12.1. The van der Waals surface area contributed by atoms with Gasteiger partial charge in [-0.15, -0.1) is 0 Å². The van der Waals surface area contributed by atoms with Gasteiger partial charge < -0.3 is 5.32 Å². The minimum Gasteiger partial charge on any atom is -0.317 e. The van der Waals surface area contributed by atoms with Crippen LogP contribution in [-0.2, 0) is 4.79 Å². The van der Waals surface area contributed by atoms with Crippen LogP contribution in [0.4, 0.5) is 0 Å². The number of nitrogens with one attached hydrogen (secondary N) is 2. The molecular formula is C9H12N4O3. The van der Waals surface area contributed by atoms with E-state index in [1.807, 2.05) is 0 Å². The van der Waals surface area contributed by atoms with Gasteiger partial charge in [0, 0.05) is 5.92 Å². The second-order valence-electron chi connectivity index (χ2n) is 3.64. The zero-order valence-electron chi connectivity index (χ0n) is 8.60. The van der Waals surface area contributed by atoms with Crippen LogP contribution in [0.25, 0.3) is 0 Å². The van der Waals surface area contributed by atoms with Gasteiger partial charge in [0.05, 0.1) is 0 Å². The summed E-state index contributed by atoms with van der Waals surface area (Å²) in [4.78, 5) is 23.1. The van der Waals surface area contributed by atoms with Crippen molar-refractivity contribution in [2.45, 2.75) is 12.8 Å². The molecule has 0 aromatic carbocycles. The van der Waals surface area contributed by atoms with Crippen LogP contribution in [0.3, 0.4) is 0 Å². The average molecular weight is 224 g/mol. The van der Waals surface area contributed by atoms with Crippen LogP contribution in [-0.4, -0.2) is 35.2 Å². The standard InChI is InChI=1S/C9H12N4O3/c14-8(6-1-3-10-4-2-6)12-9(15)7-5-11-16-13-7/h5-6,10H,1-4H2,(H,12,14,15). The molecule has 2 heterocycles. The van der Waals surface area contributed by atoms with Crippen LogP contribution in [0, 0.1) is 5.92 Å². The fraction of sp³-hybridized carbons (Fsp3) is 0.556. The highest BCUT2D eigenvalue weighted by Gasteiger charge is 2.23. The average Bonchev–Trinajstić information content (AvgIpc) is 2.83. The summed E-state index contributed by atoms with van der Waals surface area (Å²) in [5.74, 6) is -0.927. The Bertz CT molecular complexity index is 370. The van der Waals surface area contributed by atoms with E-state index in [1.54, 1.807) is 0 Å². The number of carbonyl (C=O) groups is 2. The fourth-order valence-corrected chi connectivity index (χ4v) is 1.63. The van der Waals surface area contributed by atoms with Crippen molar-refractivity contribution in [3.8, 4) is 0 Å². The number of amides is 2. The fourth-order valence-electron chi connectivity index (χ4n) is 1.63. The Balaban J connectivity index is 1.89. The Morgan fingerprint density at radius 3 is 2.81 bits per heavy atom. The first kappa shape index (κ1) is 10.7. The molecule has 0 spiro atoms. The van der Waals surface area contributed by atoms with E-state index in [0.717, 1.165) is 25.9 Å². The molecule has 2 rings (SSSR count). The zero-order valence-corrected chi connectivity index (χ0v) is 8.60. The van der Waals surface area contributed by atoms with E-state index in [-0.39, 0.29) is 17.5 Å². The van der Waals surface area contributed by atoms with Crippen LogP contribution >= 0.6 is 0 Å². The van der Waals surface area contributed by atoms with Crippen molar-refractivity contribution < 1.29 is 14.2 Å². The molecule has 0 atom stereocenters. The maximum absolute atomic E-state index is 11.7. The van der Waals surface area contributed by atoms with Crippen LogP contribution in [0.2, 0.25) is 0 Å². The van der Waals surface area contributed by atoms with Gasteiger partial charge in [0.25, 0.3) is 5.91 Å². The van der Waals surface area contributed by atoms with E-state index in [9.17, 15) is 9.59 Å². The third-order valence-corrected chi connectivity index (χ3v) is 2.54. The Morgan fingerprint density at radius 2 is 2.19 bits per heavy atom. The lowest BCUT2D eigenvalue weighted by Crippen LogP contribution is -2.40. The molecule has 1 aliphatic heterocycles. The summed E-state index contributed by atoms with van der Waals surface area (Å²) < 4.78 is 4.28. The van der Waals surface area contributed by atoms with Crippen LogP contribution in [0.1, 0.15) is 23.3 Å². The molecule has 1 aromatic rings. The molecule has 86 valence electrons. The molecule has 16 heavy (non-hydrogen) atoms. The highest BCUT2D eigenvalue weighted by atomic mass is 16.6. The number of hydrogen-bond acceptors (Lipinski definition) is 6. The van der Waals surface area contributed by atoms with Crippen LogP contribution < -0.4 is 10.6 Å². The van der Waals surface area contributed by atoms with Gasteiger partial charge >= 0.3 is 0 Å². The van der Waals surface area contributed by atoms with Crippen molar-refractivity contribution >= 4 is 11.8 Å².